The topological polar surface area (TPSA) is 50.0 Å². The Labute approximate surface area is 166 Å². The molecule has 0 aliphatic rings. The highest BCUT2D eigenvalue weighted by Gasteiger charge is 2.14. The summed E-state index contributed by atoms with van der Waals surface area (Å²) in [5, 5.41) is 2.33. The Morgan fingerprint density at radius 1 is 0.643 bits per heavy atom. The summed E-state index contributed by atoms with van der Waals surface area (Å²) in [5.74, 6) is 1.86. The van der Waals surface area contributed by atoms with Crippen LogP contribution >= 0.6 is 0 Å². The van der Waals surface area contributed by atoms with Gasteiger partial charge in [-0.15, -0.1) is 0 Å². The van der Waals surface area contributed by atoms with Crippen LogP contribution in [0.3, 0.4) is 0 Å². The summed E-state index contributed by atoms with van der Waals surface area (Å²) < 4.78 is 11.7. The normalized spacial score (nSPS) is 11.9. The molecular weight excluding hydrogens is 348 g/mol. The van der Waals surface area contributed by atoms with Crippen molar-refractivity contribution in [2.45, 2.75) is 52.7 Å². The van der Waals surface area contributed by atoms with E-state index in [9.17, 15) is 0 Å². The average Bonchev–Trinajstić information content (AvgIpc) is 3.22. The van der Waals surface area contributed by atoms with Gasteiger partial charge in [-0.2, -0.15) is 0 Å². The summed E-state index contributed by atoms with van der Waals surface area (Å²) in [7, 11) is 0. The fourth-order valence-electron chi connectivity index (χ4n) is 2.95. The number of hydrogen-bond donors (Lipinski definition) is 2. The van der Waals surface area contributed by atoms with E-state index in [0.29, 0.717) is 0 Å². The molecular formula is C24H30N2O2. The smallest absolute Gasteiger partial charge is 0.144 e. The molecule has 4 rings (SSSR count). The highest BCUT2D eigenvalue weighted by molar-refractivity contribution is 5.86. The van der Waals surface area contributed by atoms with Crippen LogP contribution in [0.25, 0.3) is 21.8 Å². The average molecular weight is 379 g/mol. The van der Waals surface area contributed by atoms with Gasteiger partial charge >= 0.3 is 0 Å². The summed E-state index contributed by atoms with van der Waals surface area (Å²) in [5.41, 5.74) is 1.89. The van der Waals surface area contributed by atoms with Crippen LogP contribution in [0.15, 0.2) is 60.9 Å². The Kier molecular flexibility index (Phi) is 5.41. The van der Waals surface area contributed by atoms with Gasteiger partial charge in [0.05, 0.1) is 5.52 Å². The summed E-state index contributed by atoms with van der Waals surface area (Å²) >= 11 is 0. The van der Waals surface area contributed by atoms with Crippen molar-refractivity contribution in [1.82, 2.24) is 9.97 Å². The molecule has 2 aromatic heterocycles. The maximum absolute atomic E-state index is 5.85. The van der Waals surface area contributed by atoms with Crippen LogP contribution in [0.2, 0.25) is 0 Å². The van der Waals surface area contributed by atoms with Crippen molar-refractivity contribution in [3.05, 3.63) is 60.9 Å². The minimum atomic E-state index is -0.153. The lowest BCUT2D eigenvalue weighted by atomic mass is 10.1. The van der Waals surface area contributed by atoms with Gasteiger partial charge in [-0.25, -0.2) is 0 Å². The van der Waals surface area contributed by atoms with Gasteiger partial charge in [0.1, 0.15) is 22.7 Å². The molecule has 148 valence electrons. The number of ether oxygens (including phenoxy) is 2. The van der Waals surface area contributed by atoms with Crippen LogP contribution in [-0.2, 0) is 0 Å². The second-order valence-electron chi connectivity index (χ2n) is 8.82. The predicted octanol–water partition coefficient (Wildman–Crippen LogP) is 6.69. The van der Waals surface area contributed by atoms with E-state index in [1.807, 2.05) is 54.9 Å². The van der Waals surface area contributed by atoms with E-state index in [1.165, 1.54) is 5.39 Å². The van der Waals surface area contributed by atoms with E-state index < -0.39 is 0 Å². The summed E-state index contributed by atoms with van der Waals surface area (Å²) in [6, 6.07) is 16.2. The largest absolute Gasteiger partial charge is 0.487 e. The van der Waals surface area contributed by atoms with Crippen LogP contribution < -0.4 is 9.47 Å². The number of hydrogen-bond acceptors (Lipinski definition) is 2. The van der Waals surface area contributed by atoms with Gasteiger partial charge in [0.25, 0.3) is 0 Å². The lowest BCUT2D eigenvalue weighted by Gasteiger charge is -2.21. The number of rotatable bonds is 2. The Balaban J connectivity index is 0.000000161. The number of fused-ring (bicyclic) bond motifs is 2. The highest BCUT2D eigenvalue weighted by Crippen LogP contribution is 2.28. The molecule has 0 unspecified atom stereocenters. The first-order valence-corrected chi connectivity index (χ1v) is 9.63. The van der Waals surface area contributed by atoms with Gasteiger partial charge in [-0.1, -0.05) is 18.2 Å². The molecule has 2 heterocycles. The molecule has 0 atom stereocenters. The van der Waals surface area contributed by atoms with E-state index in [0.717, 1.165) is 27.9 Å². The van der Waals surface area contributed by atoms with Crippen molar-refractivity contribution in [2.75, 3.05) is 0 Å². The van der Waals surface area contributed by atoms with Crippen molar-refractivity contribution >= 4 is 21.8 Å². The van der Waals surface area contributed by atoms with Crippen LogP contribution in [0.5, 0.6) is 11.5 Å². The second-order valence-corrected chi connectivity index (χ2v) is 8.82. The maximum atomic E-state index is 5.85. The first-order chi connectivity index (χ1) is 13.1. The third-order valence-electron chi connectivity index (χ3n) is 3.94. The lowest BCUT2D eigenvalue weighted by Crippen LogP contribution is -2.23. The van der Waals surface area contributed by atoms with Gasteiger partial charge < -0.3 is 19.4 Å². The van der Waals surface area contributed by atoms with Crippen molar-refractivity contribution in [3.8, 4) is 11.5 Å². The van der Waals surface area contributed by atoms with E-state index in [2.05, 4.69) is 57.6 Å². The fraction of sp³-hybridized carbons (Fsp3) is 0.333. The van der Waals surface area contributed by atoms with Gasteiger partial charge in [0, 0.05) is 28.7 Å². The molecule has 0 saturated carbocycles. The molecule has 4 nitrogen and oxygen atoms in total. The SMILES string of the molecule is CC(C)(C)Oc1cccc2[nH]ccc12.CC(C)(C)Oc1cccc2cc[nH]c12. The molecule has 28 heavy (non-hydrogen) atoms. The minimum absolute atomic E-state index is 0.147. The van der Waals surface area contributed by atoms with Crippen LogP contribution in [-0.4, -0.2) is 21.2 Å². The zero-order valence-electron chi connectivity index (χ0n) is 17.6. The van der Waals surface area contributed by atoms with E-state index >= 15 is 0 Å². The third-order valence-corrected chi connectivity index (χ3v) is 3.94. The molecule has 2 aromatic carbocycles. The number of aromatic amines is 2. The Hall–Kier alpha value is -2.88. The molecule has 0 bridgehead atoms. The lowest BCUT2D eigenvalue weighted by molar-refractivity contribution is 0.132. The number of H-pyrrole nitrogens is 2. The predicted molar refractivity (Wildman–Crippen MR) is 117 cm³/mol. The summed E-state index contributed by atoms with van der Waals surface area (Å²) in [4.78, 5) is 6.35. The van der Waals surface area contributed by atoms with Gasteiger partial charge in [0.2, 0.25) is 0 Å². The summed E-state index contributed by atoms with van der Waals surface area (Å²) in [6.45, 7) is 12.3. The highest BCUT2D eigenvalue weighted by atomic mass is 16.5. The first kappa shape index (κ1) is 19.9. The van der Waals surface area contributed by atoms with Crippen LogP contribution in [0.1, 0.15) is 41.5 Å². The molecule has 0 radical (unpaired) electrons. The van der Waals surface area contributed by atoms with E-state index in [-0.39, 0.29) is 11.2 Å². The zero-order valence-corrected chi connectivity index (χ0v) is 17.6. The van der Waals surface area contributed by atoms with Crippen molar-refractivity contribution in [3.63, 3.8) is 0 Å². The molecule has 0 amide bonds. The molecule has 0 spiro atoms. The van der Waals surface area contributed by atoms with Crippen molar-refractivity contribution in [1.29, 1.82) is 0 Å². The van der Waals surface area contributed by atoms with Gasteiger partial charge in [0.15, 0.2) is 0 Å². The Bertz CT molecular complexity index is 960. The van der Waals surface area contributed by atoms with Gasteiger partial charge in [-0.05, 0) is 71.9 Å². The van der Waals surface area contributed by atoms with Gasteiger partial charge in [-0.3, -0.25) is 0 Å². The monoisotopic (exact) mass is 378 g/mol. The van der Waals surface area contributed by atoms with Crippen molar-refractivity contribution < 1.29 is 9.47 Å². The maximum Gasteiger partial charge on any atom is 0.144 e. The van der Waals surface area contributed by atoms with Crippen LogP contribution in [0.4, 0.5) is 0 Å². The van der Waals surface area contributed by atoms with E-state index in [4.69, 9.17) is 9.47 Å². The molecule has 0 aliphatic heterocycles. The Morgan fingerprint density at radius 3 is 1.96 bits per heavy atom. The zero-order chi connectivity index (χ0) is 20.4. The third kappa shape index (κ3) is 5.10. The Morgan fingerprint density at radius 2 is 1.25 bits per heavy atom. The number of nitrogens with one attached hydrogen (secondary N) is 2. The van der Waals surface area contributed by atoms with Crippen molar-refractivity contribution in [2.24, 2.45) is 0 Å². The summed E-state index contributed by atoms with van der Waals surface area (Å²) in [6.07, 6.45) is 3.86. The van der Waals surface area contributed by atoms with E-state index in [1.54, 1.807) is 0 Å². The standard InChI is InChI=1S/2C12H15NO/c1-12(2,3)14-11-6-4-5-10-9(11)7-8-13-10;1-12(2,3)14-10-6-4-5-9-7-8-13-11(9)10/h2*4-8,13H,1-3H3. The number of para-hydroxylation sites is 1. The molecule has 0 aliphatic carbocycles. The first-order valence-electron chi connectivity index (χ1n) is 9.63. The minimum Gasteiger partial charge on any atom is -0.487 e. The molecule has 0 saturated heterocycles. The fourth-order valence-corrected chi connectivity index (χ4v) is 2.95. The molecule has 4 heteroatoms. The molecule has 4 aromatic rings. The molecule has 2 N–H and O–H groups in total. The number of aromatic nitrogens is 2. The molecule has 0 fully saturated rings. The van der Waals surface area contributed by atoms with Crippen LogP contribution in [0, 0.1) is 0 Å². The quantitative estimate of drug-likeness (QED) is 0.408. The second kappa shape index (κ2) is 7.63. The number of benzene rings is 2.